The second kappa shape index (κ2) is 5.81. The summed E-state index contributed by atoms with van der Waals surface area (Å²) in [5.41, 5.74) is 1.67. The number of aromatic hydroxyl groups is 1. The minimum atomic E-state index is -0.725. The van der Waals surface area contributed by atoms with Crippen molar-refractivity contribution in [2.24, 2.45) is 0 Å². The largest absolute Gasteiger partial charge is 0.506 e. The molecule has 0 bridgehead atoms. The zero-order valence-corrected chi connectivity index (χ0v) is 12.6. The van der Waals surface area contributed by atoms with Gasteiger partial charge in [-0.05, 0) is 49.6 Å². The molecule has 1 atom stereocenters. The van der Waals surface area contributed by atoms with Gasteiger partial charge in [0.05, 0.1) is 5.69 Å². The molecule has 3 rings (SSSR count). The number of aryl methyl sites for hydroxylation is 1. The number of hydrogen-bond acceptors (Lipinski definition) is 3. The van der Waals surface area contributed by atoms with Crippen molar-refractivity contribution in [1.82, 2.24) is 5.32 Å². The Morgan fingerprint density at radius 2 is 2.00 bits per heavy atom. The van der Waals surface area contributed by atoms with Crippen LogP contribution in [-0.4, -0.2) is 17.6 Å². The fourth-order valence-corrected chi connectivity index (χ4v) is 3.02. The van der Waals surface area contributed by atoms with Crippen LogP contribution < -0.4 is 10.6 Å². The molecule has 0 aliphatic carbocycles. The van der Waals surface area contributed by atoms with Gasteiger partial charge in [0.15, 0.2) is 0 Å². The Balaban J connectivity index is 1.93. The van der Waals surface area contributed by atoms with Gasteiger partial charge >= 0.3 is 0 Å². The molecule has 2 aromatic rings. The van der Waals surface area contributed by atoms with Crippen LogP contribution in [0.15, 0.2) is 48.5 Å². The highest BCUT2D eigenvalue weighted by molar-refractivity contribution is 6.00. The quantitative estimate of drug-likeness (QED) is 0.763. The molecule has 2 aromatic carbocycles. The minimum absolute atomic E-state index is 0.0835. The number of rotatable bonds is 3. The maximum atomic E-state index is 12.9. The third-order valence-corrected chi connectivity index (χ3v) is 4.21. The Hall–Kier alpha value is -2.33. The van der Waals surface area contributed by atoms with Crippen LogP contribution in [0.25, 0.3) is 0 Å². The summed E-state index contributed by atoms with van der Waals surface area (Å²) in [6.45, 7) is 2.73. The van der Waals surface area contributed by atoms with E-state index < -0.39 is 5.54 Å². The van der Waals surface area contributed by atoms with Crippen LogP contribution in [0.4, 0.5) is 5.69 Å². The molecule has 4 nitrogen and oxygen atoms in total. The molecule has 0 saturated carbocycles. The summed E-state index contributed by atoms with van der Waals surface area (Å²) in [4.78, 5) is 12.9. The molecule has 3 N–H and O–H groups in total. The maximum Gasteiger partial charge on any atom is 0.249 e. The molecule has 0 aromatic heterocycles. The summed E-state index contributed by atoms with van der Waals surface area (Å²) < 4.78 is 0. The molecule has 1 saturated heterocycles. The van der Waals surface area contributed by atoms with E-state index in [1.807, 2.05) is 43.3 Å². The number of benzene rings is 2. The van der Waals surface area contributed by atoms with Gasteiger partial charge in [0.1, 0.15) is 11.3 Å². The minimum Gasteiger partial charge on any atom is -0.506 e. The van der Waals surface area contributed by atoms with Crippen molar-refractivity contribution < 1.29 is 9.90 Å². The van der Waals surface area contributed by atoms with Gasteiger partial charge in [0.25, 0.3) is 0 Å². The highest BCUT2D eigenvalue weighted by Crippen LogP contribution is 2.33. The summed E-state index contributed by atoms with van der Waals surface area (Å²) in [7, 11) is 0. The van der Waals surface area contributed by atoms with E-state index in [0.29, 0.717) is 5.69 Å². The second-order valence-corrected chi connectivity index (χ2v) is 5.78. The first kappa shape index (κ1) is 14.6. The molecule has 0 radical (unpaired) electrons. The van der Waals surface area contributed by atoms with Crippen molar-refractivity contribution >= 4 is 11.6 Å². The van der Waals surface area contributed by atoms with E-state index in [9.17, 15) is 9.90 Å². The van der Waals surface area contributed by atoms with Gasteiger partial charge in [-0.15, -0.1) is 0 Å². The number of hydrogen-bond donors (Lipinski definition) is 3. The van der Waals surface area contributed by atoms with Crippen molar-refractivity contribution in [1.29, 1.82) is 0 Å². The third kappa shape index (κ3) is 2.57. The molecular formula is C18H20N2O2. The van der Waals surface area contributed by atoms with Gasteiger partial charge in [-0.2, -0.15) is 0 Å². The lowest BCUT2D eigenvalue weighted by molar-refractivity contribution is -0.122. The Kier molecular flexibility index (Phi) is 3.86. The SMILES string of the molecule is Cc1ccc(O)c(NC(=O)C2(c3ccccc3)CCCN2)c1. The topological polar surface area (TPSA) is 61.4 Å². The Labute approximate surface area is 130 Å². The van der Waals surface area contributed by atoms with Gasteiger partial charge in [-0.3, -0.25) is 10.1 Å². The molecule has 1 fully saturated rings. The van der Waals surface area contributed by atoms with Crippen molar-refractivity contribution in [3.8, 4) is 5.75 Å². The molecule has 1 aliphatic rings. The molecule has 114 valence electrons. The molecule has 1 heterocycles. The monoisotopic (exact) mass is 296 g/mol. The van der Waals surface area contributed by atoms with E-state index in [2.05, 4.69) is 10.6 Å². The van der Waals surface area contributed by atoms with Crippen LogP contribution in [0.2, 0.25) is 0 Å². The van der Waals surface area contributed by atoms with Gasteiger partial charge in [-0.1, -0.05) is 36.4 Å². The van der Waals surface area contributed by atoms with Crippen molar-refractivity contribution in [2.45, 2.75) is 25.3 Å². The number of amides is 1. The summed E-state index contributed by atoms with van der Waals surface area (Å²) in [6, 6.07) is 14.9. The van der Waals surface area contributed by atoms with E-state index in [4.69, 9.17) is 0 Å². The van der Waals surface area contributed by atoms with Gasteiger partial charge in [0.2, 0.25) is 5.91 Å². The lowest BCUT2D eigenvalue weighted by Crippen LogP contribution is -2.47. The Morgan fingerprint density at radius 1 is 1.23 bits per heavy atom. The Bertz CT molecular complexity index is 677. The highest BCUT2D eigenvalue weighted by atomic mass is 16.3. The van der Waals surface area contributed by atoms with Crippen LogP contribution >= 0.6 is 0 Å². The first-order chi connectivity index (χ1) is 10.6. The summed E-state index contributed by atoms with van der Waals surface area (Å²) in [6.07, 6.45) is 1.69. The summed E-state index contributed by atoms with van der Waals surface area (Å²) >= 11 is 0. The van der Waals surface area contributed by atoms with E-state index in [0.717, 1.165) is 30.5 Å². The fraction of sp³-hybridized carbons (Fsp3) is 0.278. The lowest BCUT2D eigenvalue weighted by atomic mass is 9.87. The van der Waals surface area contributed by atoms with Crippen LogP contribution in [-0.2, 0) is 10.3 Å². The molecule has 0 spiro atoms. The van der Waals surface area contributed by atoms with Crippen molar-refractivity contribution in [3.63, 3.8) is 0 Å². The van der Waals surface area contributed by atoms with E-state index in [1.54, 1.807) is 12.1 Å². The number of phenols is 1. The standard InChI is InChI=1S/C18H20N2O2/c1-13-8-9-16(21)15(12-13)20-17(22)18(10-5-11-19-18)14-6-3-2-4-7-14/h2-4,6-9,12,19,21H,5,10-11H2,1H3,(H,20,22). The molecule has 1 aliphatic heterocycles. The first-order valence-electron chi connectivity index (χ1n) is 7.53. The average Bonchev–Trinajstić information content (AvgIpc) is 3.03. The van der Waals surface area contributed by atoms with E-state index in [-0.39, 0.29) is 11.7 Å². The molecule has 22 heavy (non-hydrogen) atoms. The van der Waals surface area contributed by atoms with Crippen LogP contribution in [0.1, 0.15) is 24.0 Å². The van der Waals surface area contributed by atoms with Crippen LogP contribution in [0, 0.1) is 6.92 Å². The van der Waals surface area contributed by atoms with Gasteiger partial charge in [-0.25, -0.2) is 0 Å². The number of carbonyl (C=O) groups is 1. The first-order valence-corrected chi connectivity index (χ1v) is 7.53. The predicted molar refractivity (Wildman–Crippen MR) is 86.8 cm³/mol. The maximum absolute atomic E-state index is 12.9. The lowest BCUT2D eigenvalue weighted by Gasteiger charge is -2.29. The van der Waals surface area contributed by atoms with E-state index in [1.165, 1.54) is 0 Å². The van der Waals surface area contributed by atoms with Crippen LogP contribution in [0.5, 0.6) is 5.75 Å². The van der Waals surface area contributed by atoms with Gasteiger partial charge < -0.3 is 10.4 Å². The molecule has 1 unspecified atom stereocenters. The van der Waals surface area contributed by atoms with Crippen LogP contribution in [0.3, 0.4) is 0 Å². The summed E-state index contributed by atoms with van der Waals surface area (Å²) in [5.74, 6) is -0.0442. The number of carbonyl (C=O) groups excluding carboxylic acids is 1. The smallest absolute Gasteiger partial charge is 0.249 e. The summed E-state index contributed by atoms with van der Waals surface area (Å²) in [5, 5.41) is 16.2. The Morgan fingerprint density at radius 3 is 2.68 bits per heavy atom. The van der Waals surface area contributed by atoms with Gasteiger partial charge in [0, 0.05) is 0 Å². The zero-order chi connectivity index (χ0) is 15.6. The number of anilines is 1. The van der Waals surface area contributed by atoms with E-state index >= 15 is 0 Å². The molecule has 1 amide bonds. The molecular weight excluding hydrogens is 276 g/mol. The average molecular weight is 296 g/mol. The predicted octanol–water partition coefficient (Wildman–Crippen LogP) is 2.92. The fourth-order valence-electron chi connectivity index (χ4n) is 3.02. The highest BCUT2D eigenvalue weighted by Gasteiger charge is 2.42. The molecule has 4 heteroatoms. The zero-order valence-electron chi connectivity index (χ0n) is 12.6. The number of phenolic OH excluding ortho intramolecular Hbond substituents is 1. The second-order valence-electron chi connectivity index (χ2n) is 5.78. The number of nitrogens with one attached hydrogen (secondary N) is 2. The third-order valence-electron chi connectivity index (χ3n) is 4.21. The van der Waals surface area contributed by atoms with Crippen molar-refractivity contribution in [3.05, 3.63) is 59.7 Å². The van der Waals surface area contributed by atoms with Crippen molar-refractivity contribution in [2.75, 3.05) is 11.9 Å². The normalized spacial score (nSPS) is 20.8.